The summed E-state index contributed by atoms with van der Waals surface area (Å²) in [7, 11) is 4.22. The van der Waals surface area contributed by atoms with Gasteiger partial charge in [-0.3, -0.25) is 4.79 Å². The summed E-state index contributed by atoms with van der Waals surface area (Å²) in [6, 6.07) is 9.90. The van der Waals surface area contributed by atoms with Crippen molar-refractivity contribution in [3.63, 3.8) is 0 Å². The number of carbonyl (C=O) groups excluding carboxylic acids is 1. The second kappa shape index (κ2) is 8.49. The molecule has 2 atom stereocenters. The van der Waals surface area contributed by atoms with Gasteiger partial charge in [-0.25, -0.2) is 0 Å². The maximum atomic E-state index is 12.6. The quantitative estimate of drug-likeness (QED) is 0.710. The molecule has 0 saturated heterocycles. The zero-order valence-electron chi connectivity index (χ0n) is 14.9. The van der Waals surface area contributed by atoms with E-state index in [0.29, 0.717) is 12.3 Å². The van der Waals surface area contributed by atoms with E-state index >= 15 is 0 Å². The molecule has 1 aromatic rings. The van der Waals surface area contributed by atoms with Crippen LogP contribution in [0.25, 0.3) is 0 Å². The van der Waals surface area contributed by atoms with E-state index in [1.807, 2.05) is 30.3 Å². The Bertz CT molecular complexity index is 482. The molecule has 0 N–H and O–H groups in total. The van der Waals surface area contributed by atoms with E-state index in [1.165, 1.54) is 12.8 Å². The number of ether oxygens (including phenoxy) is 1. The summed E-state index contributed by atoms with van der Waals surface area (Å²) in [4.78, 5) is 14.8. The first kappa shape index (κ1) is 18.0. The summed E-state index contributed by atoms with van der Waals surface area (Å²) in [6.45, 7) is 3.19. The zero-order chi connectivity index (χ0) is 16.7. The van der Waals surface area contributed by atoms with E-state index < -0.39 is 0 Å². The maximum absolute atomic E-state index is 12.6. The second-order valence-electron chi connectivity index (χ2n) is 7.16. The minimum Gasteiger partial charge on any atom is -0.458 e. The first-order chi connectivity index (χ1) is 11.1. The van der Waals surface area contributed by atoms with Gasteiger partial charge in [0.15, 0.2) is 0 Å². The lowest BCUT2D eigenvalue weighted by atomic mass is 9.72. The summed E-state index contributed by atoms with van der Waals surface area (Å²) in [5.74, 6) is 0.376. The molecule has 3 nitrogen and oxygen atoms in total. The van der Waals surface area contributed by atoms with Crippen LogP contribution in [0, 0.1) is 5.92 Å². The molecule has 1 aromatic carbocycles. The Labute approximate surface area is 141 Å². The van der Waals surface area contributed by atoms with Gasteiger partial charge in [0, 0.05) is 12.5 Å². The Kier molecular flexibility index (Phi) is 6.64. The van der Waals surface area contributed by atoms with Crippen LogP contribution < -0.4 is 0 Å². The van der Waals surface area contributed by atoms with Crippen LogP contribution in [0.3, 0.4) is 0 Å². The highest BCUT2D eigenvalue weighted by Gasteiger charge is 2.43. The van der Waals surface area contributed by atoms with Gasteiger partial charge >= 0.3 is 5.97 Å². The number of carbonyl (C=O) groups is 1. The van der Waals surface area contributed by atoms with Crippen molar-refractivity contribution in [1.29, 1.82) is 0 Å². The molecule has 1 aliphatic carbocycles. The topological polar surface area (TPSA) is 29.5 Å². The van der Waals surface area contributed by atoms with E-state index in [4.69, 9.17) is 4.74 Å². The van der Waals surface area contributed by atoms with Crippen LogP contribution in [0.15, 0.2) is 30.3 Å². The fourth-order valence-electron chi connectivity index (χ4n) is 3.94. The molecule has 1 fully saturated rings. The van der Waals surface area contributed by atoms with Crippen molar-refractivity contribution < 1.29 is 9.53 Å². The molecule has 0 aliphatic heterocycles. The average molecular weight is 317 g/mol. The van der Waals surface area contributed by atoms with E-state index in [2.05, 4.69) is 25.9 Å². The molecule has 0 amide bonds. The Hall–Kier alpha value is -1.35. The summed E-state index contributed by atoms with van der Waals surface area (Å²) in [5, 5.41) is 0. The molecular weight excluding hydrogens is 286 g/mol. The monoisotopic (exact) mass is 317 g/mol. The van der Waals surface area contributed by atoms with Gasteiger partial charge in [0.25, 0.3) is 0 Å². The fourth-order valence-corrected chi connectivity index (χ4v) is 3.94. The largest absolute Gasteiger partial charge is 0.458 e. The van der Waals surface area contributed by atoms with Crippen molar-refractivity contribution in [1.82, 2.24) is 4.90 Å². The number of rotatable bonds is 7. The first-order valence-corrected chi connectivity index (χ1v) is 8.96. The van der Waals surface area contributed by atoms with Crippen LogP contribution in [0.5, 0.6) is 0 Å². The minimum atomic E-state index is -0.261. The molecule has 3 heteroatoms. The van der Waals surface area contributed by atoms with Gasteiger partial charge in [-0.2, -0.15) is 0 Å². The predicted molar refractivity (Wildman–Crippen MR) is 94.4 cm³/mol. The lowest BCUT2D eigenvalue weighted by Gasteiger charge is -2.44. The van der Waals surface area contributed by atoms with Crippen molar-refractivity contribution in [3.05, 3.63) is 35.9 Å². The molecule has 0 heterocycles. The Morgan fingerprint density at radius 3 is 2.65 bits per heavy atom. The highest BCUT2D eigenvalue weighted by molar-refractivity contribution is 5.73. The number of esters is 1. The Morgan fingerprint density at radius 2 is 2.00 bits per heavy atom. The van der Waals surface area contributed by atoms with Crippen LogP contribution in [-0.2, 0) is 16.0 Å². The maximum Gasteiger partial charge on any atom is 0.310 e. The molecule has 1 aliphatic rings. The van der Waals surface area contributed by atoms with Crippen LogP contribution in [0.1, 0.15) is 51.0 Å². The number of benzene rings is 1. The van der Waals surface area contributed by atoms with Gasteiger partial charge < -0.3 is 9.64 Å². The molecular formula is C20H31NO2. The van der Waals surface area contributed by atoms with E-state index in [0.717, 1.165) is 37.8 Å². The van der Waals surface area contributed by atoms with Crippen LogP contribution >= 0.6 is 0 Å². The highest BCUT2D eigenvalue weighted by Crippen LogP contribution is 2.41. The Morgan fingerprint density at radius 1 is 1.26 bits per heavy atom. The van der Waals surface area contributed by atoms with Crippen molar-refractivity contribution in [2.45, 2.75) is 57.5 Å². The van der Waals surface area contributed by atoms with Crippen molar-refractivity contribution in [2.24, 2.45) is 5.92 Å². The fraction of sp³-hybridized carbons (Fsp3) is 0.650. The third kappa shape index (κ3) is 5.07. The summed E-state index contributed by atoms with van der Waals surface area (Å²) < 4.78 is 6.17. The molecule has 2 unspecified atom stereocenters. The van der Waals surface area contributed by atoms with Gasteiger partial charge in [-0.05, 0) is 45.3 Å². The van der Waals surface area contributed by atoms with Crippen LogP contribution in [0.4, 0.5) is 0 Å². The van der Waals surface area contributed by atoms with E-state index in [1.54, 1.807) is 0 Å². The van der Waals surface area contributed by atoms with Gasteiger partial charge in [-0.1, -0.05) is 50.1 Å². The first-order valence-electron chi connectivity index (χ1n) is 8.96. The smallest absolute Gasteiger partial charge is 0.310 e. The molecule has 0 spiro atoms. The third-order valence-electron chi connectivity index (χ3n) is 4.91. The van der Waals surface area contributed by atoms with Gasteiger partial charge in [0.2, 0.25) is 0 Å². The van der Waals surface area contributed by atoms with Gasteiger partial charge in [0.1, 0.15) is 5.60 Å². The molecule has 128 valence electrons. The number of hydrogen-bond acceptors (Lipinski definition) is 3. The lowest BCUT2D eigenvalue weighted by Crippen LogP contribution is -2.48. The lowest BCUT2D eigenvalue weighted by molar-refractivity contribution is -0.172. The zero-order valence-corrected chi connectivity index (χ0v) is 14.9. The molecule has 0 aromatic heterocycles. The van der Waals surface area contributed by atoms with E-state index in [-0.39, 0.29) is 11.6 Å². The molecule has 23 heavy (non-hydrogen) atoms. The molecule has 2 rings (SSSR count). The average Bonchev–Trinajstić information content (AvgIpc) is 2.50. The van der Waals surface area contributed by atoms with Crippen molar-refractivity contribution in [3.8, 4) is 0 Å². The summed E-state index contributed by atoms with van der Waals surface area (Å²) >= 11 is 0. The van der Waals surface area contributed by atoms with E-state index in [9.17, 15) is 4.79 Å². The van der Waals surface area contributed by atoms with Crippen LogP contribution in [0.2, 0.25) is 0 Å². The number of nitrogens with zero attached hydrogens (tertiary/aromatic N) is 1. The second-order valence-corrected chi connectivity index (χ2v) is 7.16. The standard InChI is InChI=1S/C20H31NO2/c1-4-13-20(14-9-8-12-18(20)16-21(2)3)23-19(22)15-17-10-6-5-7-11-17/h5-7,10-11,18H,4,8-9,12-16H2,1-3H3. The van der Waals surface area contributed by atoms with Crippen LogP contribution in [-0.4, -0.2) is 37.1 Å². The Balaban J connectivity index is 2.09. The third-order valence-corrected chi connectivity index (χ3v) is 4.91. The normalized spacial score (nSPS) is 24.6. The van der Waals surface area contributed by atoms with Gasteiger partial charge in [-0.15, -0.1) is 0 Å². The highest BCUT2D eigenvalue weighted by atomic mass is 16.6. The molecule has 1 saturated carbocycles. The molecule has 0 radical (unpaired) electrons. The summed E-state index contributed by atoms with van der Waals surface area (Å²) in [5.41, 5.74) is 0.771. The minimum absolute atomic E-state index is 0.0738. The summed E-state index contributed by atoms with van der Waals surface area (Å²) in [6.07, 6.45) is 7.01. The van der Waals surface area contributed by atoms with Crippen molar-refractivity contribution >= 4 is 5.97 Å². The molecule has 0 bridgehead atoms. The predicted octanol–water partition coefficient (Wildman–Crippen LogP) is 4.06. The van der Waals surface area contributed by atoms with Gasteiger partial charge in [0.05, 0.1) is 6.42 Å². The number of hydrogen-bond donors (Lipinski definition) is 0. The SMILES string of the molecule is CCCC1(OC(=O)Cc2ccccc2)CCCCC1CN(C)C. The van der Waals surface area contributed by atoms with Crippen molar-refractivity contribution in [2.75, 3.05) is 20.6 Å².